The zero-order valence-electron chi connectivity index (χ0n) is 22.6. The van der Waals surface area contributed by atoms with E-state index in [1.807, 2.05) is 0 Å². The number of carbonyl (C=O) groups is 4. The molecule has 0 unspecified atom stereocenters. The van der Waals surface area contributed by atoms with Crippen molar-refractivity contribution in [3.63, 3.8) is 0 Å². The number of likely N-dealkylation sites (tertiary alicyclic amines) is 1. The Morgan fingerprint density at radius 1 is 1.17 bits per heavy atom. The smallest absolute Gasteiger partial charge is 0.305 e. The zero-order valence-corrected chi connectivity index (χ0v) is 22.6. The lowest BCUT2D eigenvalue weighted by atomic mass is 9.94. The standard InChI is InChI=1S/C29H28F3N3O7/c1-2-3-6-17-19(30)13-20(31)25(32)27(17)41-15-22(36)21(14-24(37)38)33-28(39)16-9-11-35(12-10-16)29(40)26-18-7-4-5-8-23(18)42-34-26/h3-8,13,16,21H,2,9-12,14-15H2,1H3,(H,33,39)(H,37,38)/b6-3+/t21-/m0/s1. The summed E-state index contributed by atoms with van der Waals surface area (Å²) in [5.74, 6) is -8.94. The van der Waals surface area contributed by atoms with E-state index in [9.17, 15) is 37.5 Å². The minimum atomic E-state index is -1.55. The molecular formula is C29H28F3N3O7. The number of Topliss-reactive ketones (excluding diaryl/α,β-unsaturated/α-hetero) is 1. The number of halogens is 3. The minimum absolute atomic E-state index is 0.156. The number of rotatable bonds is 11. The van der Waals surface area contributed by atoms with E-state index in [1.165, 1.54) is 17.1 Å². The van der Waals surface area contributed by atoms with Crippen molar-refractivity contribution in [2.45, 2.75) is 38.6 Å². The van der Waals surface area contributed by atoms with Crippen LogP contribution in [0, 0.1) is 23.4 Å². The van der Waals surface area contributed by atoms with Gasteiger partial charge in [0.25, 0.3) is 5.91 Å². The van der Waals surface area contributed by atoms with Crippen LogP contribution in [0.4, 0.5) is 13.2 Å². The number of benzene rings is 2. The Kier molecular flexibility index (Phi) is 9.60. The van der Waals surface area contributed by atoms with Crippen molar-refractivity contribution in [3.05, 3.63) is 65.1 Å². The number of carboxylic acids is 1. The van der Waals surface area contributed by atoms with Crippen LogP contribution in [-0.2, 0) is 14.4 Å². The molecule has 2 heterocycles. The fourth-order valence-corrected chi connectivity index (χ4v) is 4.61. The first-order chi connectivity index (χ1) is 20.1. The van der Waals surface area contributed by atoms with Gasteiger partial charge in [-0.3, -0.25) is 19.2 Å². The summed E-state index contributed by atoms with van der Waals surface area (Å²) in [4.78, 5) is 51.7. The number of hydrogen-bond acceptors (Lipinski definition) is 7. The first-order valence-corrected chi connectivity index (χ1v) is 13.3. The monoisotopic (exact) mass is 587 g/mol. The summed E-state index contributed by atoms with van der Waals surface area (Å²) in [5.41, 5.74) is 0.207. The predicted octanol–water partition coefficient (Wildman–Crippen LogP) is 4.13. The molecule has 1 fully saturated rings. The third kappa shape index (κ3) is 6.78. The molecule has 1 saturated heterocycles. The van der Waals surface area contributed by atoms with Gasteiger partial charge in [0.05, 0.1) is 17.4 Å². The summed E-state index contributed by atoms with van der Waals surface area (Å²) >= 11 is 0. The van der Waals surface area contributed by atoms with Crippen LogP contribution in [0.5, 0.6) is 5.75 Å². The number of allylic oxidation sites excluding steroid dienone is 1. The number of aromatic nitrogens is 1. The summed E-state index contributed by atoms with van der Waals surface area (Å²) in [6.07, 6.45) is 2.78. The molecule has 1 atom stereocenters. The van der Waals surface area contributed by atoms with Gasteiger partial charge < -0.3 is 24.6 Å². The van der Waals surface area contributed by atoms with Gasteiger partial charge in [0, 0.05) is 25.1 Å². The molecule has 13 heteroatoms. The number of piperidine rings is 1. The highest BCUT2D eigenvalue weighted by Gasteiger charge is 2.33. The van der Waals surface area contributed by atoms with Crippen molar-refractivity contribution in [1.29, 1.82) is 0 Å². The number of amides is 2. The predicted molar refractivity (Wildman–Crippen MR) is 143 cm³/mol. The topological polar surface area (TPSA) is 139 Å². The van der Waals surface area contributed by atoms with Gasteiger partial charge in [-0.25, -0.2) is 8.78 Å². The Morgan fingerprint density at radius 2 is 1.88 bits per heavy atom. The third-order valence-electron chi connectivity index (χ3n) is 6.86. The lowest BCUT2D eigenvalue weighted by Gasteiger charge is -2.31. The largest absolute Gasteiger partial charge is 0.482 e. The molecule has 0 aliphatic carbocycles. The summed E-state index contributed by atoms with van der Waals surface area (Å²) in [6.45, 7) is 1.19. The van der Waals surface area contributed by atoms with E-state index in [4.69, 9.17) is 9.26 Å². The number of para-hydroxylation sites is 1. The number of fused-ring (bicyclic) bond motifs is 1. The highest BCUT2D eigenvalue weighted by Crippen LogP contribution is 2.30. The van der Waals surface area contributed by atoms with Crippen LogP contribution in [0.25, 0.3) is 17.0 Å². The molecular weight excluding hydrogens is 559 g/mol. The van der Waals surface area contributed by atoms with E-state index in [1.54, 1.807) is 31.2 Å². The van der Waals surface area contributed by atoms with Gasteiger partial charge in [-0.15, -0.1) is 0 Å². The van der Waals surface area contributed by atoms with Crippen LogP contribution in [0.1, 0.15) is 48.7 Å². The van der Waals surface area contributed by atoms with E-state index >= 15 is 0 Å². The number of nitrogens with zero attached hydrogens (tertiary/aromatic N) is 2. The molecule has 4 rings (SSSR count). The van der Waals surface area contributed by atoms with Crippen molar-refractivity contribution in [2.24, 2.45) is 5.92 Å². The molecule has 0 spiro atoms. The number of carbonyl (C=O) groups excluding carboxylic acids is 3. The van der Waals surface area contributed by atoms with Crippen LogP contribution in [0.15, 0.2) is 40.9 Å². The number of ether oxygens (including phenoxy) is 1. The van der Waals surface area contributed by atoms with Gasteiger partial charge in [0.2, 0.25) is 11.7 Å². The van der Waals surface area contributed by atoms with Crippen molar-refractivity contribution < 1.29 is 46.7 Å². The quantitative estimate of drug-likeness (QED) is 0.320. The number of hydrogen-bond donors (Lipinski definition) is 2. The number of carboxylic acid groups (broad SMARTS) is 1. The first kappa shape index (κ1) is 30.3. The second kappa shape index (κ2) is 13.3. The van der Waals surface area contributed by atoms with Gasteiger partial charge in [0.15, 0.2) is 28.6 Å². The summed E-state index contributed by atoms with van der Waals surface area (Å²) in [5, 5.41) is 16.1. The number of aliphatic carboxylic acids is 1. The maximum absolute atomic E-state index is 14.4. The van der Waals surface area contributed by atoms with Crippen LogP contribution in [-0.4, -0.2) is 64.5 Å². The lowest BCUT2D eigenvalue weighted by Crippen LogP contribution is -2.49. The van der Waals surface area contributed by atoms with Gasteiger partial charge in [-0.2, -0.15) is 4.39 Å². The Balaban J connectivity index is 1.38. The van der Waals surface area contributed by atoms with Gasteiger partial charge in [-0.05, 0) is 31.4 Å². The van der Waals surface area contributed by atoms with Crippen LogP contribution >= 0.6 is 0 Å². The highest BCUT2D eigenvalue weighted by molar-refractivity contribution is 6.04. The van der Waals surface area contributed by atoms with E-state index in [0.717, 1.165) is 0 Å². The second-order valence-electron chi connectivity index (χ2n) is 9.72. The summed E-state index contributed by atoms with van der Waals surface area (Å²) in [6, 6.07) is 5.70. The molecule has 42 heavy (non-hydrogen) atoms. The number of nitrogens with one attached hydrogen (secondary N) is 1. The molecule has 2 N–H and O–H groups in total. The lowest BCUT2D eigenvalue weighted by molar-refractivity contribution is -0.141. The Labute approximate surface area is 238 Å². The first-order valence-electron chi connectivity index (χ1n) is 13.3. The molecule has 2 amide bonds. The van der Waals surface area contributed by atoms with E-state index in [0.29, 0.717) is 23.5 Å². The normalized spacial score (nSPS) is 14.7. The number of ketones is 1. The van der Waals surface area contributed by atoms with Crippen molar-refractivity contribution in [1.82, 2.24) is 15.4 Å². The molecule has 0 saturated carbocycles. The minimum Gasteiger partial charge on any atom is -0.482 e. The van der Waals surface area contributed by atoms with Gasteiger partial charge >= 0.3 is 5.97 Å². The SMILES string of the molecule is CC/C=C/c1c(F)cc(F)c(F)c1OCC(=O)[C@H](CC(=O)O)NC(=O)C1CCN(C(=O)c2noc3ccccc23)CC1. The fourth-order valence-electron chi connectivity index (χ4n) is 4.61. The van der Waals surface area contributed by atoms with Crippen molar-refractivity contribution in [3.8, 4) is 5.75 Å². The van der Waals surface area contributed by atoms with E-state index in [2.05, 4.69) is 10.5 Å². The van der Waals surface area contributed by atoms with Crippen molar-refractivity contribution in [2.75, 3.05) is 19.7 Å². The molecule has 3 aromatic rings. The summed E-state index contributed by atoms with van der Waals surface area (Å²) in [7, 11) is 0. The van der Waals surface area contributed by atoms with E-state index in [-0.39, 0.29) is 37.5 Å². The van der Waals surface area contributed by atoms with Crippen LogP contribution < -0.4 is 10.1 Å². The van der Waals surface area contributed by atoms with Crippen molar-refractivity contribution >= 4 is 40.6 Å². The average Bonchev–Trinajstić information content (AvgIpc) is 3.41. The maximum Gasteiger partial charge on any atom is 0.305 e. The van der Waals surface area contributed by atoms with Crippen LogP contribution in [0.2, 0.25) is 0 Å². The maximum atomic E-state index is 14.4. The fraction of sp³-hybridized carbons (Fsp3) is 0.345. The summed E-state index contributed by atoms with van der Waals surface area (Å²) < 4.78 is 52.9. The highest BCUT2D eigenvalue weighted by atomic mass is 19.2. The Morgan fingerprint density at radius 3 is 2.57 bits per heavy atom. The molecule has 1 aromatic heterocycles. The van der Waals surface area contributed by atoms with E-state index < -0.39 is 71.4 Å². The Bertz CT molecular complexity index is 1530. The molecule has 0 bridgehead atoms. The van der Waals surface area contributed by atoms with Gasteiger partial charge in [-0.1, -0.05) is 36.4 Å². The second-order valence-corrected chi connectivity index (χ2v) is 9.72. The molecule has 10 nitrogen and oxygen atoms in total. The molecule has 2 aromatic carbocycles. The Hall–Kier alpha value is -4.68. The zero-order chi connectivity index (χ0) is 30.4. The molecule has 222 valence electrons. The average molecular weight is 588 g/mol. The molecule has 1 aliphatic rings. The van der Waals surface area contributed by atoms with Crippen LogP contribution in [0.3, 0.4) is 0 Å². The molecule has 1 aliphatic heterocycles. The molecule has 0 radical (unpaired) electrons. The third-order valence-corrected chi connectivity index (χ3v) is 6.86. The van der Waals surface area contributed by atoms with Gasteiger partial charge in [0.1, 0.15) is 18.5 Å².